The fraction of sp³-hybridized carbons (Fsp3) is 0.438. The Labute approximate surface area is 172 Å². The molecule has 0 atom stereocenters. The van der Waals surface area contributed by atoms with Crippen LogP contribution in [-0.2, 0) is 19.5 Å². The van der Waals surface area contributed by atoms with Crippen molar-refractivity contribution in [3.8, 4) is 5.75 Å². The zero-order chi connectivity index (χ0) is 19.0. The van der Waals surface area contributed by atoms with Crippen LogP contribution in [-0.4, -0.2) is 40.7 Å². The molecule has 1 heterocycles. The zero-order valence-corrected chi connectivity index (χ0v) is 17.3. The summed E-state index contributed by atoms with van der Waals surface area (Å²) in [5.74, 6) is 1.12. The van der Waals surface area contributed by atoms with Crippen LogP contribution in [0, 0.1) is 0 Å². The predicted molar refractivity (Wildman–Crippen MR) is 106 cm³/mol. The van der Waals surface area contributed by atoms with Gasteiger partial charge < -0.3 is 19.9 Å². The van der Waals surface area contributed by atoms with Gasteiger partial charge in [0.15, 0.2) is 5.96 Å². The monoisotopic (exact) mass is 498 g/mol. The molecule has 0 amide bonds. The van der Waals surface area contributed by atoms with Gasteiger partial charge in [0, 0.05) is 38.7 Å². The van der Waals surface area contributed by atoms with E-state index in [2.05, 4.69) is 30.6 Å². The fourth-order valence-corrected chi connectivity index (χ4v) is 2.31. The number of nitrogens with zero attached hydrogens (tertiary/aromatic N) is 4. The summed E-state index contributed by atoms with van der Waals surface area (Å²) in [6, 6.07) is 5.97. The molecule has 0 radical (unpaired) electrons. The first-order valence-corrected chi connectivity index (χ1v) is 8.07. The summed E-state index contributed by atoms with van der Waals surface area (Å²) in [5, 5.41) is 13.9. The van der Waals surface area contributed by atoms with Crippen LogP contribution in [0.1, 0.15) is 18.3 Å². The molecular formula is C16H22F3IN6O. The number of alkyl halides is 3. The first kappa shape index (κ1) is 23.0. The van der Waals surface area contributed by atoms with Gasteiger partial charge in [0.1, 0.15) is 17.9 Å². The van der Waals surface area contributed by atoms with Gasteiger partial charge in [-0.25, -0.2) is 0 Å². The van der Waals surface area contributed by atoms with E-state index in [4.69, 9.17) is 0 Å². The molecule has 0 aliphatic rings. The van der Waals surface area contributed by atoms with Crippen molar-refractivity contribution >= 4 is 29.9 Å². The molecule has 0 unspecified atom stereocenters. The summed E-state index contributed by atoms with van der Waals surface area (Å²) < 4.78 is 43.3. The summed E-state index contributed by atoms with van der Waals surface area (Å²) in [4.78, 5) is 4.06. The summed E-state index contributed by atoms with van der Waals surface area (Å²) in [7, 11) is 1.59. The Balaban J connectivity index is 0.00000364. The molecule has 0 bridgehead atoms. The van der Waals surface area contributed by atoms with Crippen molar-refractivity contribution in [2.75, 3.05) is 13.6 Å². The van der Waals surface area contributed by atoms with E-state index in [1.165, 1.54) is 12.1 Å². The van der Waals surface area contributed by atoms with Crippen molar-refractivity contribution in [1.29, 1.82) is 0 Å². The second-order valence-electron chi connectivity index (χ2n) is 5.30. The van der Waals surface area contributed by atoms with Gasteiger partial charge in [0.25, 0.3) is 0 Å². The van der Waals surface area contributed by atoms with Crippen LogP contribution < -0.4 is 15.4 Å². The third-order valence-electron chi connectivity index (χ3n) is 3.53. The molecule has 0 aliphatic carbocycles. The van der Waals surface area contributed by atoms with Crippen molar-refractivity contribution < 1.29 is 17.9 Å². The second kappa shape index (κ2) is 10.9. The van der Waals surface area contributed by atoms with Crippen molar-refractivity contribution in [2.45, 2.75) is 32.8 Å². The first-order valence-electron chi connectivity index (χ1n) is 8.07. The highest BCUT2D eigenvalue weighted by Gasteiger charge is 2.31. The molecule has 0 fully saturated rings. The maximum absolute atomic E-state index is 12.5. The van der Waals surface area contributed by atoms with E-state index in [1.54, 1.807) is 25.5 Å². The smallest absolute Gasteiger partial charge is 0.405 e. The summed E-state index contributed by atoms with van der Waals surface area (Å²) in [6.07, 6.45) is -2.30. The van der Waals surface area contributed by atoms with E-state index in [1.807, 2.05) is 11.5 Å². The number of guanidine groups is 1. The van der Waals surface area contributed by atoms with Crippen molar-refractivity contribution in [1.82, 2.24) is 25.4 Å². The Morgan fingerprint density at radius 3 is 2.67 bits per heavy atom. The summed E-state index contributed by atoms with van der Waals surface area (Å²) in [6.45, 7) is 3.34. The number of benzene rings is 1. The molecule has 0 aliphatic heterocycles. The number of para-hydroxylation sites is 1. The molecule has 2 rings (SSSR count). The van der Waals surface area contributed by atoms with Crippen molar-refractivity contribution in [3.63, 3.8) is 0 Å². The molecule has 2 aromatic rings. The number of hydrogen-bond acceptors (Lipinski definition) is 4. The Morgan fingerprint density at radius 2 is 2.00 bits per heavy atom. The minimum Gasteiger partial charge on any atom is -0.405 e. The molecule has 11 heteroatoms. The predicted octanol–water partition coefficient (Wildman–Crippen LogP) is 2.72. The number of rotatable bonds is 7. The van der Waals surface area contributed by atoms with E-state index in [0.717, 1.165) is 12.2 Å². The Kier molecular flexibility index (Phi) is 9.32. The van der Waals surface area contributed by atoms with E-state index in [-0.39, 0.29) is 36.3 Å². The minimum atomic E-state index is -4.73. The second-order valence-corrected chi connectivity index (χ2v) is 5.30. The van der Waals surface area contributed by atoms with Gasteiger partial charge in [-0.15, -0.1) is 47.3 Å². The quantitative estimate of drug-likeness (QED) is 0.349. The van der Waals surface area contributed by atoms with Crippen molar-refractivity contribution in [3.05, 3.63) is 42.0 Å². The highest BCUT2D eigenvalue weighted by molar-refractivity contribution is 14.0. The van der Waals surface area contributed by atoms with E-state index in [9.17, 15) is 13.2 Å². The molecule has 0 saturated heterocycles. The molecule has 2 N–H and O–H groups in total. The number of aliphatic imine (C=N–C) groups is 1. The Bertz CT molecular complexity index is 735. The number of halogens is 4. The van der Waals surface area contributed by atoms with Gasteiger partial charge in [-0.2, -0.15) is 0 Å². The molecule has 0 saturated carbocycles. The topological polar surface area (TPSA) is 76.4 Å². The Hall–Kier alpha value is -2.05. The van der Waals surface area contributed by atoms with Gasteiger partial charge in [-0.05, 0) is 6.07 Å². The average Bonchev–Trinajstić information content (AvgIpc) is 3.05. The molecule has 1 aromatic heterocycles. The molecule has 0 spiro atoms. The van der Waals surface area contributed by atoms with Crippen LogP contribution in [0.25, 0.3) is 0 Å². The van der Waals surface area contributed by atoms with Gasteiger partial charge in [-0.1, -0.05) is 25.1 Å². The van der Waals surface area contributed by atoms with Crippen molar-refractivity contribution in [2.24, 2.45) is 4.99 Å². The number of hydrogen-bond donors (Lipinski definition) is 2. The maximum Gasteiger partial charge on any atom is 0.573 e. The number of nitrogens with one attached hydrogen (secondary N) is 2. The standard InChI is InChI=1S/C16H21F3N6O.HI/c1-3-14-24-23-11-25(14)9-8-21-15(20-2)22-10-12-6-4-5-7-13(12)26-16(17,18)19;/h4-7,11H,3,8-10H2,1-2H3,(H2,20,21,22);1H. The molecule has 1 aromatic carbocycles. The maximum atomic E-state index is 12.5. The van der Waals surface area contributed by atoms with Crippen LogP contribution in [0.15, 0.2) is 35.6 Å². The lowest BCUT2D eigenvalue weighted by atomic mass is 10.2. The molecule has 150 valence electrons. The number of ether oxygens (including phenoxy) is 1. The fourth-order valence-electron chi connectivity index (χ4n) is 2.31. The third kappa shape index (κ3) is 7.61. The Morgan fingerprint density at radius 1 is 1.26 bits per heavy atom. The summed E-state index contributed by atoms with van der Waals surface area (Å²) in [5.41, 5.74) is 0.375. The largest absolute Gasteiger partial charge is 0.573 e. The first-order chi connectivity index (χ1) is 12.4. The molecular weight excluding hydrogens is 476 g/mol. The molecule has 7 nitrogen and oxygen atoms in total. The molecule has 27 heavy (non-hydrogen) atoms. The lowest BCUT2D eigenvalue weighted by molar-refractivity contribution is -0.274. The summed E-state index contributed by atoms with van der Waals surface area (Å²) >= 11 is 0. The van der Waals surface area contributed by atoms with Crippen LogP contribution in [0.4, 0.5) is 13.2 Å². The lowest BCUT2D eigenvalue weighted by Crippen LogP contribution is -2.38. The van der Waals surface area contributed by atoms with Crippen LogP contribution in [0.5, 0.6) is 5.75 Å². The number of aromatic nitrogens is 3. The SMILES string of the molecule is CCc1nncn1CCNC(=NC)NCc1ccccc1OC(F)(F)F.I. The lowest BCUT2D eigenvalue weighted by Gasteiger charge is -2.16. The van der Waals surface area contributed by atoms with E-state index in [0.29, 0.717) is 24.6 Å². The van der Waals surface area contributed by atoms with E-state index < -0.39 is 6.36 Å². The number of aryl methyl sites for hydroxylation is 1. The van der Waals surface area contributed by atoms with Gasteiger partial charge in [0.05, 0.1) is 0 Å². The van der Waals surface area contributed by atoms with E-state index >= 15 is 0 Å². The highest BCUT2D eigenvalue weighted by atomic mass is 127. The third-order valence-corrected chi connectivity index (χ3v) is 3.53. The van der Waals surface area contributed by atoms with Crippen LogP contribution >= 0.6 is 24.0 Å². The normalized spacial score (nSPS) is 11.7. The highest BCUT2D eigenvalue weighted by Crippen LogP contribution is 2.25. The van der Waals surface area contributed by atoms with Crippen LogP contribution in [0.2, 0.25) is 0 Å². The average molecular weight is 498 g/mol. The van der Waals surface area contributed by atoms with Crippen LogP contribution in [0.3, 0.4) is 0 Å². The van der Waals surface area contributed by atoms with Gasteiger partial charge in [0.2, 0.25) is 0 Å². The minimum absolute atomic E-state index is 0. The zero-order valence-electron chi connectivity index (χ0n) is 15.0. The van der Waals surface area contributed by atoms with Gasteiger partial charge in [-0.3, -0.25) is 4.99 Å². The van der Waals surface area contributed by atoms with Gasteiger partial charge >= 0.3 is 6.36 Å².